The van der Waals surface area contributed by atoms with Gasteiger partial charge in [0.25, 0.3) is 5.97 Å². The van der Waals surface area contributed by atoms with Gasteiger partial charge in [-0.25, -0.2) is 0 Å². The summed E-state index contributed by atoms with van der Waals surface area (Å²) in [5, 5.41) is 0.118. The molecule has 7 nitrogen and oxygen atoms in total. The first-order chi connectivity index (χ1) is 12.6. The highest BCUT2D eigenvalue weighted by Gasteiger charge is 2.62. The van der Waals surface area contributed by atoms with Crippen molar-refractivity contribution in [1.29, 1.82) is 0 Å². The van der Waals surface area contributed by atoms with E-state index in [1.165, 1.54) is 0 Å². The molecule has 3 aliphatic heterocycles. The van der Waals surface area contributed by atoms with Crippen LogP contribution in [-0.4, -0.2) is 63.5 Å². The van der Waals surface area contributed by atoms with E-state index < -0.39 is 32.5 Å². The molecule has 3 heterocycles. The topological polar surface area (TPSA) is 64.6 Å². The fraction of sp³-hybridized carbons (Fsp3) is 1.00. The summed E-state index contributed by atoms with van der Waals surface area (Å²) in [6.07, 6.45) is -1.94. The lowest BCUT2D eigenvalue weighted by Crippen LogP contribution is -2.57. The Morgan fingerprint density at radius 1 is 0.929 bits per heavy atom. The molecular formula is C20H38O7Si. The lowest BCUT2D eigenvalue weighted by Gasteiger charge is -2.41. The van der Waals surface area contributed by atoms with E-state index in [1.807, 2.05) is 27.7 Å². The van der Waals surface area contributed by atoms with Crippen LogP contribution in [0.3, 0.4) is 0 Å². The van der Waals surface area contributed by atoms with Gasteiger partial charge in [-0.1, -0.05) is 20.8 Å². The first-order valence-corrected chi connectivity index (χ1v) is 13.2. The van der Waals surface area contributed by atoms with E-state index >= 15 is 0 Å². The van der Waals surface area contributed by atoms with Gasteiger partial charge in [-0.15, -0.1) is 0 Å². The zero-order valence-corrected chi connectivity index (χ0v) is 20.0. The van der Waals surface area contributed by atoms with Crippen LogP contribution in [0.2, 0.25) is 18.1 Å². The van der Waals surface area contributed by atoms with E-state index in [0.29, 0.717) is 6.61 Å². The van der Waals surface area contributed by atoms with Gasteiger partial charge in [-0.05, 0) is 45.8 Å². The Morgan fingerprint density at radius 3 is 2.11 bits per heavy atom. The molecular weight excluding hydrogens is 380 g/mol. The summed E-state index contributed by atoms with van der Waals surface area (Å²) in [5.41, 5.74) is 0. The SMILES string of the molecule is CC(C)OC1(C)O[C@H]2O[C@H](CO[Si](C)(C)C(C)(C)C)[C@@H]3OC(C)(C)O[C@@H]3[C@H]2O1. The predicted octanol–water partition coefficient (Wildman–Crippen LogP) is 3.77. The van der Waals surface area contributed by atoms with Crippen LogP contribution in [0.5, 0.6) is 0 Å². The molecule has 3 aliphatic rings. The summed E-state index contributed by atoms with van der Waals surface area (Å²) in [6, 6.07) is 0. The maximum Gasteiger partial charge on any atom is 0.282 e. The molecule has 0 spiro atoms. The summed E-state index contributed by atoms with van der Waals surface area (Å²) < 4.78 is 43.0. The van der Waals surface area contributed by atoms with Crippen molar-refractivity contribution in [3.8, 4) is 0 Å². The Kier molecular flexibility index (Phi) is 5.87. The van der Waals surface area contributed by atoms with E-state index in [4.69, 9.17) is 32.8 Å². The number of hydrogen-bond acceptors (Lipinski definition) is 7. The first-order valence-electron chi connectivity index (χ1n) is 10.3. The molecule has 0 bridgehead atoms. The molecule has 8 heteroatoms. The van der Waals surface area contributed by atoms with Gasteiger partial charge in [-0.2, -0.15) is 0 Å². The van der Waals surface area contributed by atoms with E-state index in [0.717, 1.165) is 0 Å². The highest BCUT2D eigenvalue weighted by molar-refractivity contribution is 6.74. The molecule has 1 unspecified atom stereocenters. The Morgan fingerprint density at radius 2 is 1.54 bits per heavy atom. The monoisotopic (exact) mass is 418 g/mol. The second-order valence-corrected chi connectivity index (χ2v) is 15.2. The summed E-state index contributed by atoms with van der Waals surface area (Å²) in [5.74, 6) is -1.89. The van der Waals surface area contributed by atoms with Gasteiger partial charge < -0.3 is 28.1 Å². The van der Waals surface area contributed by atoms with Crippen molar-refractivity contribution in [2.75, 3.05) is 6.61 Å². The quantitative estimate of drug-likeness (QED) is 0.630. The molecule has 3 rings (SSSR count). The lowest BCUT2D eigenvalue weighted by atomic mass is 9.99. The molecule has 0 N–H and O–H groups in total. The highest BCUT2D eigenvalue weighted by Crippen LogP contribution is 2.45. The average Bonchev–Trinajstić information content (AvgIpc) is 2.98. The number of rotatable bonds is 5. The Balaban J connectivity index is 1.77. The van der Waals surface area contributed by atoms with Crippen LogP contribution in [0.4, 0.5) is 0 Å². The number of fused-ring (bicyclic) bond motifs is 3. The molecule has 0 aromatic rings. The summed E-state index contributed by atoms with van der Waals surface area (Å²) in [4.78, 5) is 0. The fourth-order valence-electron chi connectivity index (χ4n) is 3.67. The van der Waals surface area contributed by atoms with E-state index in [-0.39, 0.29) is 29.5 Å². The molecule has 164 valence electrons. The van der Waals surface area contributed by atoms with Crippen LogP contribution in [0.15, 0.2) is 0 Å². The number of ether oxygens (including phenoxy) is 6. The fourth-order valence-corrected chi connectivity index (χ4v) is 4.68. The summed E-state index contributed by atoms with van der Waals surface area (Å²) in [7, 11) is -1.93. The second-order valence-electron chi connectivity index (χ2n) is 10.4. The average molecular weight is 419 g/mol. The van der Waals surface area contributed by atoms with Crippen molar-refractivity contribution in [3.63, 3.8) is 0 Å². The zero-order chi connectivity index (χ0) is 21.1. The van der Waals surface area contributed by atoms with Crippen LogP contribution < -0.4 is 0 Å². The molecule has 0 amide bonds. The third kappa shape index (κ3) is 4.49. The van der Waals surface area contributed by atoms with Crippen molar-refractivity contribution in [3.05, 3.63) is 0 Å². The predicted molar refractivity (Wildman–Crippen MR) is 106 cm³/mol. The molecule has 0 aromatic heterocycles. The van der Waals surface area contributed by atoms with Crippen LogP contribution in [0.25, 0.3) is 0 Å². The van der Waals surface area contributed by atoms with E-state index in [2.05, 4.69) is 33.9 Å². The smallest absolute Gasteiger partial charge is 0.282 e. The normalized spacial score (nSPS) is 40.6. The van der Waals surface area contributed by atoms with Crippen LogP contribution in [0.1, 0.15) is 55.4 Å². The first kappa shape index (κ1) is 22.6. The van der Waals surface area contributed by atoms with Crippen LogP contribution >= 0.6 is 0 Å². The maximum absolute atomic E-state index is 6.43. The third-order valence-electron chi connectivity index (χ3n) is 5.98. The van der Waals surface area contributed by atoms with Gasteiger partial charge in [-0.3, -0.25) is 4.74 Å². The van der Waals surface area contributed by atoms with Crippen molar-refractivity contribution < 1.29 is 32.8 Å². The minimum Gasteiger partial charge on any atom is -0.414 e. The Labute approximate surface area is 170 Å². The third-order valence-corrected chi connectivity index (χ3v) is 10.5. The van der Waals surface area contributed by atoms with E-state index in [9.17, 15) is 0 Å². The molecule has 3 saturated heterocycles. The molecule has 0 saturated carbocycles. The zero-order valence-electron chi connectivity index (χ0n) is 19.0. The molecule has 28 heavy (non-hydrogen) atoms. The van der Waals surface area contributed by atoms with Gasteiger partial charge in [0, 0.05) is 6.92 Å². The second kappa shape index (κ2) is 7.27. The van der Waals surface area contributed by atoms with Crippen LogP contribution in [0, 0.1) is 0 Å². The largest absolute Gasteiger partial charge is 0.414 e. The molecule has 0 aliphatic carbocycles. The maximum atomic E-state index is 6.43. The highest BCUT2D eigenvalue weighted by atomic mass is 28.4. The Hall–Kier alpha value is -0.0631. The van der Waals surface area contributed by atoms with Crippen LogP contribution in [-0.2, 0) is 32.8 Å². The van der Waals surface area contributed by atoms with E-state index in [1.54, 1.807) is 6.92 Å². The van der Waals surface area contributed by atoms with Gasteiger partial charge in [0.05, 0.1) is 12.7 Å². The molecule has 6 atom stereocenters. The van der Waals surface area contributed by atoms with Crippen molar-refractivity contribution in [1.82, 2.24) is 0 Å². The standard InChI is InChI=1S/C20H38O7Si/c1-12(2)23-20(8)26-16-15-14(24-19(6,7)25-15)13(22-17(16)27-20)11-21-28(9,10)18(3,4)5/h12-17H,11H2,1-10H3/t13-,14+,15+,16-,17-,20?/m1/s1. The number of hydrogen-bond donors (Lipinski definition) is 0. The molecule has 0 radical (unpaired) electrons. The minimum absolute atomic E-state index is 0.0455. The summed E-state index contributed by atoms with van der Waals surface area (Å²) >= 11 is 0. The molecule has 3 fully saturated rings. The van der Waals surface area contributed by atoms with Crippen molar-refractivity contribution in [2.24, 2.45) is 0 Å². The minimum atomic E-state index is -1.93. The van der Waals surface area contributed by atoms with Gasteiger partial charge in [0.2, 0.25) is 0 Å². The summed E-state index contributed by atoms with van der Waals surface area (Å²) in [6.45, 7) is 21.0. The van der Waals surface area contributed by atoms with Gasteiger partial charge in [0.1, 0.15) is 24.4 Å². The van der Waals surface area contributed by atoms with Crippen molar-refractivity contribution in [2.45, 2.75) is 122 Å². The molecule has 0 aromatic carbocycles. The van der Waals surface area contributed by atoms with Gasteiger partial charge in [0.15, 0.2) is 20.4 Å². The lowest BCUT2D eigenvalue weighted by molar-refractivity contribution is -0.356. The van der Waals surface area contributed by atoms with Gasteiger partial charge >= 0.3 is 0 Å². The Bertz CT molecular complexity index is 573. The van der Waals surface area contributed by atoms with Crippen molar-refractivity contribution >= 4 is 8.32 Å².